The second-order valence-electron chi connectivity index (χ2n) is 9.63. The highest BCUT2D eigenvalue weighted by molar-refractivity contribution is 5.95. The van der Waals surface area contributed by atoms with Gasteiger partial charge in [-0.1, -0.05) is 42.3 Å². The zero-order chi connectivity index (χ0) is 24.7. The van der Waals surface area contributed by atoms with E-state index in [1.54, 1.807) is 19.1 Å². The molecule has 7 heteroatoms. The molecule has 0 unspecified atom stereocenters. The van der Waals surface area contributed by atoms with Gasteiger partial charge in [0.05, 0.1) is 11.2 Å². The van der Waals surface area contributed by atoms with Gasteiger partial charge in [-0.15, -0.1) is 0 Å². The summed E-state index contributed by atoms with van der Waals surface area (Å²) in [6.07, 6.45) is 3.50. The van der Waals surface area contributed by atoms with E-state index < -0.39 is 5.97 Å². The van der Waals surface area contributed by atoms with Crippen LogP contribution in [0, 0.1) is 25.6 Å². The molecule has 0 radical (unpaired) electrons. The van der Waals surface area contributed by atoms with Crippen molar-refractivity contribution in [2.45, 2.75) is 52.6 Å². The molecule has 5 rings (SSSR count). The molecule has 0 bridgehead atoms. The monoisotopic (exact) mass is 472 g/mol. The van der Waals surface area contributed by atoms with Crippen LogP contribution in [0.2, 0.25) is 0 Å². The van der Waals surface area contributed by atoms with Crippen molar-refractivity contribution in [3.8, 4) is 11.3 Å². The lowest BCUT2D eigenvalue weighted by atomic mass is 9.80. The SMILES string of the molecule is Cc1cccc(-c2cc3nc(C(=O)O)nc(N[C@H](C)C4CCC4)c3n2Cc2ccc(C)c(F)c2)c1. The number of benzene rings is 2. The van der Waals surface area contributed by atoms with Crippen molar-refractivity contribution in [1.29, 1.82) is 0 Å². The van der Waals surface area contributed by atoms with E-state index in [0.29, 0.717) is 29.4 Å². The maximum absolute atomic E-state index is 14.4. The van der Waals surface area contributed by atoms with E-state index in [2.05, 4.69) is 32.8 Å². The summed E-state index contributed by atoms with van der Waals surface area (Å²) in [7, 11) is 0. The topological polar surface area (TPSA) is 80.0 Å². The Morgan fingerprint density at radius 2 is 1.97 bits per heavy atom. The fourth-order valence-electron chi connectivity index (χ4n) is 4.76. The molecule has 2 N–H and O–H groups in total. The third-order valence-electron chi connectivity index (χ3n) is 7.05. The van der Waals surface area contributed by atoms with Crippen molar-refractivity contribution >= 4 is 22.8 Å². The minimum absolute atomic E-state index is 0.145. The number of aromatic nitrogens is 3. The van der Waals surface area contributed by atoms with E-state index in [9.17, 15) is 14.3 Å². The van der Waals surface area contributed by atoms with Gasteiger partial charge in [0.15, 0.2) is 5.82 Å². The number of nitrogens with zero attached hydrogens (tertiary/aromatic N) is 3. The standard InChI is InChI=1S/C28H29FN4O2/c1-16-6-4-9-21(12-16)24-14-23-25(33(24)15-19-11-10-17(2)22(29)13-19)26(32-27(31-23)28(34)35)30-18(3)20-7-5-8-20/h4,6,9-14,18,20H,5,7-8,15H2,1-3H3,(H,34,35)(H,30,31,32)/t18-/m1/s1. The van der Waals surface area contributed by atoms with Crippen LogP contribution in [0.4, 0.5) is 10.2 Å². The summed E-state index contributed by atoms with van der Waals surface area (Å²) in [5, 5.41) is 13.2. The number of carboxylic acid groups (broad SMARTS) is 1. The van der Waals surface area contributed by atoms with Crippen LogP contribution < -0.4 is 5.32 Å². The minimum Gasteiger partial charge on any atom is -0.475 e. The van der Waals surface area contributed by atoms with Crippen molar-refractivity contribution < 1.29 is 14.3 Å². The molecule has 1 atom stereocenters. The van der Waals surface area contributed by atoms with Crippen LogP contribution in [0.15, 0.2) is 48.5 Å². The Morgan fingerprint density at radius 3 is 2.63 bits per heavy atom. The number of fused-ring (bicyclic) bond motifs is 1. The first-order chi connectivity index (χ1) is 16.8. The number of nitrogens with one attached hydrogen (secondary N) is 1. The Kier molecular flexibility index (Phi) is 6.01. The van der Waals surface area contributed by atoms with Gasteiger partial charge in [0, 0.05) is 12.6 Å². The van der Waals surface area contributed by atoms with Gasteiger partial charge < -0.3 is 15.0 Å². The predicted octanol–water partition coefficient (Wildman–Crippen LogP) is 6.20. The largest absolute Gasteiger partial charge is 0.475 e. The third-order valence-corrected chi connectivity index (χ3v) is 7.05. The van der Waals surface area contributed by atoms with Gasteiger partial charge >= 0.3 is 5.97 Å². The number of rotatable bonds is 7. The normalized spacial score (nSPS) is 14.6. The zero-order valence-electron chi connectivity index (χ0n) is 20.2. The van der Waals surface area contributed by atoms with Crippen LogP contribution in [-0.4, -0.2) is 31.7 Å². The fourth-order valence-corrected chi connectivity index (χ4v) is 4.76. The molecular weight excluding hydrogens is 443 g/mol. The van der Waals surface area contributed by atoms with Gasteiger partial charge in [0.1, 0.15) is 11.3 Å². The summed E-state index contributed by atoms with van der Waals surface area (Å²) in [4.78, 5) is 20.7. The molecule has 1 fully saturated rings. The molecule has 1 aliphatic rings. The maximum atomic E-state index is 14.4. The fraction of sp³-hybridized carbons (Fsp3) is 0.321. The smallest absolute Gasteiger partial charge is 0.374 e. The molecule has 35 heavy (non-hydrogen) atoms. The predicted molar refractivity (Wildman–Crippen MR) is 135 cm³/mol. The van der Waals surface area contributed by atoms with E-state index >= 15 is 0 Å². The summed E-state index contributed by atoms with van der Waals surface area (Å²) in [5.74, 6) is -0.637. The number of carbonyl (C=O) groups is 1. The Labute approximate surface area is 203 Å². The van der Waals surface area contributed by atoms with Crippen LogP contribution in [0.3, 0.4) is 0 Å². The number of hydrogen-bond acceptors (Lipinski definition) is 4. The average molecular weight is 473 g/mol. The quantitative estimate of drug-likeness (QED) is 0.335. The van der Waals surface area contributed by atoms with E-state index in [-0.39, 0.29) is 17.7 Å². The summed E-state index contributed by atoms with van der Waals surface area (Å²) in [6.45, 7) is 6.28. The highest BCUT2D eigenvalue weighted by Gasteiger charge is 2.27. The molecule has 0 saturated heterocycles. The van der Waals surface area contributed by atoms with E-state index in [1.165, 1.54) is 6.42 Å². The van der Waals surface area contributed by atoms with E-state index in [0.717, 1.165) is 40.7 Å². The van der Waals surface area contributed by atoms with Gasteiger partial charge in [0.25, 0.3) is 0 Å². The summed E-state index contributed by atoms with van der Waals surface area (Å²) < 4.78 is 16.5. The molecule has 0 aliphatic heterocycles. The number of aromatic carboxylic acids is 1. The molecule has 180 valence electrons. The first-order valence-electron chi connectivity index (χ1n) is 12.0. The Morgan fingerprint density at radius 1 is 1.17 bits per heavy atom. The van der Waals surface area contributed by atoms with Gasteiger partial charge in [-0.25, -0.2) is 19.2 Å². The Bertz CT molecular complexity index is 1420. The second kappa shape index (κ2) is 9.13. The number of aryl methyl sites for hydroxylation is 2. The molecule has 0 amide bonds. The zero-order valence-corrected chi connectivity index (χ0v) is 20.2. The lowest BCUT2D eigenvalue weighted by molar-refractivity contribution is 0.0684. The van der Waals surface area contributed by atoms with Gasteiger partial charge in [-0.2, -0.15) is 0 Å². The molecule has 6 nitrogen and oxygen atoms in total. The number of hydrogen-bond donors (Lipinski definition) is 2. The van der Waals surface area contributed by atoms with Crippen molar-refractivity contribution in [2.24, 2.45) is 5.92 Å². The number of halogens is 1. The van der Waals surface area contributed by atoms with Crippen LogP contribution in [0.1, 0.15) is 53.5 Å². The molecule has 2 aromatic carbocycles. The van der Waals surface area contributed by atoms with Gasteiger partial charge in [-0.3, -0.25) is 0 Å². The van der Waals surface area contributed by atoms with Crippen molar-refractivity contribution in [3.63, 3.8) is 0 Å². The molecule has 4 aromatic rings. The van der Waals surface area contributed by atoms with Crippen molar-refractivity contribution in [3.05, 3.63) is 76.9 Å². The van der Waals surface area contributed by atoms with Crippen LogP contribution >= 0.6 is 0 Å². The first kappa shape index (κ1) is 23.0. The number of carboxylic acids is 1. The van der Waals surface area contributed by atoms with Crippen molar-refractivity contribution in [1.82, 2.24) is 14.5 Å². The Hall–Kier alpha value is -3.74. The summed E-state index contributed by atoms with van der Waals surface area (Å²) in [6, 6.07) is 15.4. The molecular formula is C28H29FN4O2. The second-order valence-corrected chi connectivity index (χ2v) is 9.63. The minimum atomic E-state index is -1.17. The van der Waals surface area contributed by atoms with Crippen LogP contribution in [0.25, 0.3) is 22.3 Å². The molecule has 2 heterocycles. The summed E-state index contributed by atoms with van der Waals surface area (Å²) >= 11 is 0. The number of anilines is 1. The van der Waals surface area contributed by atoms with E-state index in [4.69, 9.17) is 0 Å². The summed E-state index contributed by atoms with van der Waals surface area (Å²) in [5.41, 5.74) is 5.63. The third kappa shape index (κ3) is 4.50. The lowest BCUT2D eigenvalue weighted by Crippen LogP contribution is -2.31. The highest BCUT2D eigenvalue weighted by Crippen LogP contribution is 2.35. The lowest BCUT2D eigenvalue weighted by Gasteiger charge is -2.32. The first-order valence-corrected chi connectivity index (χ1v) is 12.0. The van der Waals surface area contributed by atoms with Crippen molar-refractivity contribution in [2.75, 3.05) is 5.32 Å². The maximum Gasteiger partial charge on any atom is 0.374 e. The van der Waals surface area contributed by atoms with Crippen LogP contribution in [0.5, 0.6) is 0 Å². The highest BCUT2D eigenvalue weighted by atomic mass is 19.1. The average Bonchev–Trinajstić information content (AvgIpc) is 3.13. The van der Waals surface area contributed by atoms with Crippen LogP contribution in [-0.2, 0) is 6.54 Å². The van der Waals surface area contributed by atoms with Gasteiger partial charge in [-0.05, 0) is 74.4 Å². The molecule has 2 aromatic heterocycles. The molecule has 0 spiro atoms. The van der Waals surface area contributed by atoms with Gasteiger partial charge in [0.2, 0.25) is 5.82 Å². The van der Waals surface area contributed by atoms with E-state index in [1.807, 2.05) is 37.3 Å². The molecule has 1 saturated carbocycles. The Balaban J connectivity index is 1.72. The molecule has 1 aliphatic carbocycles.